The summed E-state index contributed by atoms with van der Waals surface area (Å²) < 4.78 is 2.01. The molecule has 0 atom stereocenters. The zero-order valence-corrected chi connectivity index (χ0v) is 12.0. The molecule has 4 nitrogen and oxygen atoms in total. The van der Waals surface area contributed by atoms with Crippen molar-refractivity contribution in [2.45, 2.75) is 40.2 Å². The fraction of sp³-hybridized carbons (Fsp3) is 0.538. The average Bonchev–Trinajstić information content (AvgIpc) is 3.02. The lowest BCUT2D eigenvalue weighted by Crippen LogP contribution is -2.14. The predicted molar refractivity (Wildman–Crippen MR) is 75.4 cm³/mol. The topological polar surface area (TPSA) is 42.7 Å². The summed E-state index contributed by atoms with van der Waals surface area (Å²) >= 11 is 1.63. The van der Waals surface area contributed by atoms with Gasteiger partial charge in [0.15, 0.2) is 0 Å². The number of aromatic nitrogens is 3. The Bertz CT molecular complexity index is 487. The second-order valence-electron chi connectivity index (χ2n) is 4.09. The summed E-state index contributed by atoms with van der Waals surface area (Å²) in [4.78, 5) is 4.36. The van der Waals surface area contributed by atoms with Gasteiger partial charge in [-0.05, 0) is 19.4 Å². The Morgan fingerprint density at radius 1 is 1.28 bits per heavy atom. The quantitative estimate of drug-likeness (QED) is 0.872. The number of hydrogen-bond acceptors (Lipinski definition) is 4. The molecule has 0 aliphatic carbocycles. The highest BCUT2D eigenvalue weighted by Crippen LogP contribution is 2.21. The van der Waals surface area contributed by atoms with E-state index < -0.39 is 0 Å². The van der Waals surface area contributed by atoms with Crippen LogP contribution in [0.4, 0.5) is 0 Å². The molecule has 0 aromatic carbocycles. The number of nitrogens with zero attached hydrogens (tertiary/aromatic N) is 3. The van der Waals surface area contributed by atoms with Crippen LogP contribution in [0.25, 0.3) is 5.13 Å². The van der Waals surface area contributed by atoms with E-state index in [-0.39, 0.29) is 0 Å². The van der Waals surface area contributed by atoms with Gasteiger partial charge in [0.25, 0.3) is 0 Å². The second-order valence-corrected chi connectivity index (χ2v) is 4.96. The van der Waals surface area contributed by atoms with Crippen molar-refractivity contribution >= 4 is 11.3 Å². The summed E-state index contributed by atoms with van der Waals surface area (Å²) in [6.45, 7) is 8.34. The number of nitrogens with one attached hydrogen (secondary N) is 1. The van der Waals surface area contributed by atoms with Gasteiger partial charge < -0.3 is 5.32 Å². The molecule has 1 N–H and O–H groups in total. The number of hydrogen-bond donors (Lipinski definition) is 1. The molecule has 0 amide bonds. The third-order valence-electron chi connectivity index (χ3n) is 3.00. The highest BCUT2D eigenvalue weighted by molar-refractivity contribution is 7.12. The molecule has 2 rings (SSSR count). The molecule has 18 heavy (non-hydrogen) atoms. The van der Waals surface area contributed by atoms with Gasteiger partial charge in [0, 0.05) is 23.7 Å². The van der Waals surface area contributed by atoms with E-state index in [0.717, 1.165) is 31.1 Å². The van der Waals surface area contributed by atoms with Crippen LogP contribution in [0.5, 0.6) is 0 Å². The molecular formula is C13H20N4S. The smallest absolute Gasteiger partial charge is 0.210 e. The molecule has 0 spiro atoms. The number of aryl methyl sites for hydroxylation is 1. The van der Waals surface area contributed by atoms with E-state index in [4.69, 9.17) is 5.10 Å². The van der Waals surface area contributed by atoms with Crippen LogP contribution in [0.2, 0.25) is 0 Å². The van der Waals surface area contributed by atoms with Crippen molar-refractivity contribution in [2.75, 3.05) is 6.54 Å². The molecule has 0 unspecified atom stereocenters. The monoisotopic (exact) mass is 264 g/mol. The summed E-state index contributed by atoms with van der Waals surface area (Å²) in [5.41, 5.74) is 3.81. The highest BCUT2D eigenvalue weighted by Gasteiger charge is 2.17. The SMILES string of the molecule is CCNCc1c(CC)nn(-c2nccs2)c1CC. The first-order valence-corrected chi connectivity index (χ1v) is 7.39. The van der Waals surface area contributed by atoms with Gasteiger partial charge in [0.05, 0.1) is 11.4 Å². The molecule has 5 heteroatoms. The Labute approximate surface area is 112 Å². The van der Waals surface area contributed by atoms with Crippen LogP contribution in [0.1, 0.15) is 37.7 Å². The molecule has 98 valence electrons. The molecular weight excluding hydrogens is 244 g/mol. The van der Waals surface area contributed by atoms with Gasteiger partial charge in [-0.2, -0.15) is 5.10 Å². The van der Waals surface area contributed by atoms with Gasteiger partial charge in [-0.25, -0.2) is 9.67 Å². The summed E-state index contributed by atoms with van der Waals surface area (Å²) in [5, 5.41) is 11.1. The van der Waals surface area contributed by atoms with Crippen molar-refractivity contribution in [1.29, 1.82) is 0 Å². The first-order valence-electron chi connectivity index (χ1n) is 6.51. The van der Waals surface area contributed by atoms with E-state index in [2.05, 4.69) is 31.1 Å². The molecule has 0 fully saturated rings. The van der Waals surface area contributed by atoms with Crippen LogP contribution in [0.3, 0.4) is 0 Å². The lowest BCUT2D eigenvalue weighted by atomic mass is 10.1. The van der Waals surface area contributed by atoms with Gasteiger partial charge in [0.2, 0.25) is 5.13 Å². The molecule has 2 aromatic rings. The fourth-order valence-corrected chi connectivity index (χ4v) is 2.73. The fourth-order valence-electron chi connectivity index (χ4n) is 2.12. The van der Waals surface area contributed by atoms with Crippen LogP contribution >= 0.6 is 11.3 Å². The minimum Gasteiger partial charge on any atom is -0.313 e. The maximum Gasteiger partial charge on any atom is 0.210 e. The van der Waals surface area contributed by atoms with Gasteiger partial charge in [-0.3, -0.25) is 0 Å². The minimum absolute atomic E-state index is 0.897. The highest BCUT2D eigenvalue weighted by atomic mass is 32.1. The van der Waals surface area contributed by atoms with Gasteiger partial charge >= 0.3 is 0 Å². The molecule has 0 aliphatic rings. The summed E-state index contributed by atoms with van der Waals surface area (Å²) in [6.07, 6.45) is 3.77. The van der Waals surface area contributed by atoms with Crippen molar-refractivity contribution < 1.29 is 0 Å². The van der Waals surface area contributed by atoms with Crippen LogP contribution in [0, 0.1) is 0 Å². The molecule has 0 bridgehead atoms. The Morgan fingerprint density at radius 3 is 2.67 bits per heavy atom. The van der Waals surface area contributed by atoms with E-state index in [9.17, 15) is 0 Å². The van der Waals surface area contributed by atoms with Crippen molar-refractivity contribution in [3.63, 3.8) is 0 Å². The van der Waals surface area contributed by atoms with Gasteiger partial charge in [0.1, 0.15) is 0 Å². The molecule has 0 saturated carbocycles. The Morgan fingerprint density at radius 2 is 2.11 bits per heavy atom. The van der Waals surface area contributed by atoms with Crippen molar-refractivity contribution in [3.8, 4) is 5.13 Å². The van der Waals surface area contributed by atoms with E-state index >= 15 is 0 Å². The van der Waals surface area contributed by atoms with Crippen LogP contribution in [0.15, 0.2) is 11.6 Å². The van der Waals surface area contributed by atoms with Gasteiger partial charge in [-0.15, -0.1) is 11.3 Å². The van der Waals surface area contributed by atoms with Gasteiger partial charge in [-0.1, -0.05) is 20.8 Å². The predicted octanol–water partition coefficient (Wildman–Crippen LogP) is 2.56. The molecule has 0 saturated heterocycles. The summed E-state index contributed by atoms with van der Waals surface area (Å²) in [7, 11) is 0. The Balaban J connectivity index is 2.44. The number of thiazole rings is 1. The molecule has 0 aliphatic heterocycles. The zero-order valence-electron chi connectivity index (χ0n) is 11.2. The summed E-state index contributed by atoms with van der Waals surface area (Å²) in [5.74, 6) is 0. The minimum atomic E-state index is 0.897. The van der Waals surface area contributed by atoms with E-state index in [1.807, 2.05) is 16.3 Å². The standard InChI is InChI=1S/C13H20N4S/c1-4-11-10(9-14-6-3)12(5-2)17(16-11)13-15-7-8-18-13/h7-8,14H,4-6,9H2,1-3H3. The van der Waals surface area contributed by atoms with Crippen LogP contribution in [-0.4, -0.2) is 21.3 Å². The lowest BCUT2D eigenvalue weighted by molar-refractivity contribution is 0.712. The first-order chi connectivity index (χ1) is 8.81. The van der Waals surface area contributed by atoms with Crippen molar-refractivity contribution in [2.24, 2.45) is 0 Å². The zero-order chi connectivity index (χ0) is 13.0. The third-order valence-corrected chi connectivity index (χ3v) is 3.74. The first kappa shape index (κ1) is 13.2. The Kier molecular flexibility index (Phi) is 4.49. The Hall–Kier alpha value is -1.20. The van der Waals surface area contributed by atoms with E-state index in [1.54, 1.807) is 11.3 Å². The maximum atomic E-state index is 4.72. The molecule has 2 heterocycles. The number of rotatable bonds is 6. The normalized spacial score (nSPS) is 11.1. The largest absolute Gasteiger partial charge is 0.313 e. The van der Waals surface area contributed by atoms with Crippen molar-refractivity contribution in [1.82, 2.24) is 20.1 Å². The summed E-state index contributed by atoms with van der Waals surface area (Å²) in [6, 6.07) is 0. The van der Waals surface area contributed by atoms with E-state index in [1.165, 1.54) is 17.0 Å². The van der Waals surface area contributed by atoms with E-state index in [0.29, 0.717) is 0 Å². The van der Waals surface area contributed by atoms with Crippen LogP contribution in [-0.2, 0) is 19.4 Å². The van der Waals surface area contributed by atoms with Crippen LogP contribution < -0.4 is 5.32 Å². The average molecular weight is 264 g/mol. The second kappa shape index (κ2) is 6.11. The third kappa shape index (κ3) is 2.47. The van der Waals surface area contributed by atoms with Crippen molar-refractivity contribution in [3.05, 3.63) is 28.5 Å². The maximum absolute atomic E-state index is 4.72. The molecule has 0 radical (unpaired) electrons. The molecule has 2 aromatic heterocycles. The lowest BCUT2D eigenvalue weighted by Gasteiger charge is -2.06.